The Labute approximate surface area is 180 Å². The SMILES string of the molecule is CCCN(CC(=O)N(CCOC)Cc1cccn1C)C(=O)Nc1cccc(Br)c1. The largest absolute Gasteiger partial charge is 0.383 e. The molecule has 0 saturated heterocycles. The maximum atomic E-state index is 13.0. The molecule has 1 aromatic heterocycles. The molecule has 0 aliphatic carbocycles. The first-order valence-electron chi connectivity index (χ1n) is 9.63. The predicted octanol–water partition coefficient (Wildman–Crippen LogP) is 3.71. The molecule has 0 atom stereocenters. The summed E-state index contributed by atoms with van der Waals surface area (Å²) in [5.74, 6) is -0.110. The Balaban J connectivity index is 2.07. The van der Waals surface area contributed by atoms with Crippen LogP contribution in [0.5, 0.6) is 0 Å². The maximum Gasteiger partial charge on any atom is 0.322 e. The van der Waals surface area contributed by atoms with E-state index < -0.39 is 0 Å². The van der Waals surface area contributed by atoms with Gasteiger partial charge in [0.25, 0.3) is 0 Å². The minimum atomic E-state index is -0.288. The van der Waals surface area contributed by atoms with Gasteiger partial charge in [-0.15, -0.1) is 0 Å². The van der Waals surface area contributed by atoms with E-state index in [1.807, 2.05) is 61.1 Å². The summed E-state index contributed by atoms with van der Waals surface area (Å²) in [7, 11) is 3.56. The molecule has 0 unspecified atom stereocenters. The number of ether oxygens (including phenoxy) is 1. The van der Waals surface area contributed by atoms with E-state index in [2.05, 4.69) is 21.2 Å². The zero-order valence-electron chi connectivity index (χ0n) is 17.2. The lowest BCUT2D eigenvalue weighted by atomic mass is 10.3. The zero-order valence-corrected chi connectivity index (χ0v) is 18.8. The van der Waals surface area contributed by atoms with Crippen molar-refractivity contribution < 1.29 is 14.3 Å². The van der Waals surface area contributed by atoms with Gasteiger partial charge in [0.2, 0.25) is 5.91 Å². The third kappa shape index (κ3) is 7.21. The number of amides is 3. The number of benzene rings is 1. The molecule has 3 amide bonds. The standard InChI is InChI=1S/C21H29BrN4O3/c1-4-10-26(21(28)23-18-8-5-7-17(22)14-18)16-20(27)25(12-13-29-3)15-19-9-6-11-24(19)2/h5-9,11,14H,4,10,12-13,15-16H2,1-3H3,(H,23,28). The van der Waals surface area contributed by atoms with Crippen LogP contribution in [-0.2, 0) is 23.1 Å². The van der Waals surface area contributed by atoms with Gasteiger partial charge in [-0.1, -0.05) is 28.9 Å². The molecule has 2 rings (SSSR count). The number of hydrogen-bond acceptors (Lipinski definition) is 3. The number of nitrogens with one attached hydrogen (secondary N) is 1. The predicted molar refractivity (Wildman–Crippen MR) is 118 cm³/mol. The van der Waals surface area contributed by atoms with Gasteiger partial charge >= 0.3 is 6.03 Å². The van der Waals surface area contributed by atoms with Crippen LogP contribution in [0.25, 0.3) is 0 Å². The zero-order chi connectivity index (χ0) is 21.2. The van der Waals surface area contributed by atoms with Crippen molar-refractivity contribution in [3.05, 3.63) is 52.8 Å². The van der Waals surface area contributed by atoms with Gasteiger partial charge in [0.05, 0.1) is 13.2 Å². The van der Waals surface area contributed by atoms with E-state index in [-0.39, 0.29) is 18.5 Å². The molecule has 1 N–H and O–H groups in total. The second-order valence-corrected chi connectivity index (χ2v) is 7.70. The summed E-state index contributed by atoms with van der Waals surface area (Å²) in [6.45, 7) is 3.87. The summed E-state index contributed by atoms with van der Waals surface area (Å²) in [5.41, 5.74) is 1.70. The van der Waals surface area contributed by atoms with Crippen molar-refractivity contribution >= 4 is 33.6 Å². The van der Waals surface area contributed by atoms with Gasteiger partial charge in [-0.3, -0.25) is 4.79 Å². The first-order chi connectivity index (χ1) is 13.9. The minimum Gasteiger partial charge on any atom is -0.383 e. The van der Waals surface area contributed by atoms with Crippen LogP contribution in [0, 0.1) is 0 Å². The van der Waals surface area contributed by atoms with Crippen LogP contribution in [0.3, 0.4) is 0 Å². The fourth-order valence-corrected chi connectivity index (χ4v) is 3.30. The van der Waals surface area contributed by atoms with E-state index in [1.165, 1.54) is 0 Å². The molecule has 2 aromatic rings. The van der Waals surface area contributed by atoms with E-state index in [0.29, 0.717) is 31.9 Å². The highest BCUT2D eigenvalue weighted by molar-refractivity contribution is 9.10. The monoisotopic (exact) mass is 464 g/mol. The van der Waals surface area contributed by atoms with Gasteiger partial charge in [0.1, 0.15) is 6.54 Å². The van der Waals surface area contributed by atoms with Crippen molar-refractivity contribution in [3.63, 3.8) is 0 Å². The first kappa shape index (κ1) is 23.0. The molecule has 0 aliphatic rings. The van der Waals surface area contributed by atoms with Gasteiger partial charge in [0.15, 0.2) is 0 Å². The highest BCUT2D eigenvalue weighted by Crippen LogP contribution is 2.16. The molecule has 0 aliphatic heterocycles. The maximum absolute atomic E-state index is 13.0. The summed E-state index contributed by atoms with van der Waals surface area (Å²) >= 11 is 3.40. The fraction of sp³-hybridized carbons (Fsp3) is 0.429. The number of urea groups is 1. The number of aromatic nitrogens is 1. The van der Waals surface area contributed by atoms with Gasteiger partial charge < -0.3 is 24.4 Å². The van der Waals surface area contributed by atoms with Crippen LogP contribution in [0.2, 0.25) is 0 Å². The molecule has 1 heterocycles. The second-order valence-electron chi connectivity index (χ2n) is 6.78. The van der Waals surface area contributed by atoms with Crippen LogP contribution < -0.4 is 5.32 Å². The third-order valence-corrected chi connectivity index (χ3v) is 5.00. The molecule has 0 spiro atoms. The van der Waals surface area contributed by atoms with Crippen molar-refractivity contribution in [2.45, 2.75) is 19.9 Å². The van der Waals surface area contributed by atoms with Gasteiger partial charge in [-0.05, 0) is 36.8 Å². The Morgan fingerprint density at radius 2 is 1.97 bits per heavy atom. The number of carbonyl (C=O) groups is 2. The van der Waals surface area contributed by atoms with E-state index in [9.17, 15) is 9.59 Å². The molecule has 29 heavy (non-hydrogen) atoms. The molecule has 0 saturated carbocycles. The molecule has 8 heteroatoms. The summed E-state index contributed by atoms with van der Waals surface area (Å²) in [5, 5.41) is 2.87. The lowest BCUT2D eigenvalue weighted by Crippen LogP contribution is -2.45. The van der Waals surface area contributed by atoms with E-state index >= 15 is 0 Å². The Kier molecular flexibility index (Phi) is 9.21. The number of carbonyl (C=O) groups excluding carboxylic acids is 2. The van der Waals surface area contributed by atoms with Crippen molar-refractivity contribution in [1.82, 2.24) is 14.4 Å². The highest BCUT2D eigenvalue weighted by atomic mass is 79.9. The molecule has 7 nitrogen and oxygen atoms in total. The quantitative estimate of drug-likeness (QED) is 0.582. The van der Waals surface area contributed by atoms with Crippen molar-refractivity contribution in [1.29, 1.82) is 0 Å². The summed E-state index contributed by atoms with van der Waals surface area (Å²) < 4.78 is 8.02. The summed E-state index contributed by atoms with van der Waals surface area (Å²) in [6.07, 6.45) is 2.71. The Morgan fingerprint density at radius 3 is 2.59 bits per heavy atom. The number of aryl methyl sites for hydroxylation is 1. The van der Waals surface area contributed by atoms with E-state index in [4.69, 9.17) is 4.74 Å². The number of anilines is 1. The van der Waals surface area contributed by atoms with Crippen LogP contribution in [0.15, 0.2) is 47.1 Å². The lowest BCUT2D eigenvalue weighted by Gasteiger charge is -2.27. The van der Waals surface area contributed by atoms with Crippen LogP contribution in [0.4, 0.5) is 10.5 Å². The first-order valence-corrected chi connectivity index (χ1v) is 10.4. The molecular formula is C21H29BrN4O3. The topological polar surface area (TPSA) is 66.8 Å². The third-order valence-electron chi connectivity index (χ3n) is 4.50. The van der Waals surface area contributed by atoms with Crippen LogP contribution in [0.1, 0.15) is 19.0 Å². The Morgan fingerprint density at radius 1 is 1.17 bits per heavy atom. The molecule has 0 bridgehead atoms. The molecular weight excluding hydrogens is 436 g/mol. The molecule has 1 aromatic carbocycles. The van der Waals surface area contributed by atoms with Crippen LogP contribution in [-0.4, -0.2) is 59.7 Å². The van der Waals surface area contributed by atoms with Crippen molar-refractivity contribution in [2.75, 3.05) is 38.7 Å². The summed E-state index contributed by atoms with van der Waals surface area (Å²) in [4.78, 5) is 29.1. The average Bonchev–Trinajstić information content (AvgIpc) is 3.09. The number of halogens is 1. The Hall–Kier alpha value is -2.32. The second kappa shape index (κ2) is 11.6. The number of nitrogens with zero attached hydrogens (tertiary/aromatic N) is 3. The van der Waals surface area contributed by atoms with Gasteiger partial charge in [0, 0.05) is 49.3 Å². The van der Waals surface area contributed by atoms with Crippen molar-refractivity contribution in [2.24, 2.45) is 7.05 Å². The van der Waals surface area contributed by atoms with E-state index in [0.717, 1.165) is 16.6 Å². The normalized spacial score (nSPS) is 10.6. The number of hydrogen-bond donors (Lipinski definition) is 1. The summed E-state index contributed by atoms with van der Waals surface area (Å²) in [6, 6.07) is 11.0. The van der Waals surface area contributed by atoms with Crippen molar-refractivity contribution in [3.8, 4) is 0 Å². The smallest absolute Gasteiger partial charge is 0.322 e. The average molecular weight is 465 g/mol. The van der Waals surface area contributed by atoms with Crippen LogP contribution >= 0.6 is 15.9 Å². The van der Waals surface area contributed by atoms with Gasteiger partial charge in [-0.25, -0.2) is 4.79 Å². The number of methoxy groups -OCH3 is 1. The number of rotatable bonds is 10. The molecule has 0 radical (unpaired) electrons. The fourth-order valence-electron chi connectivity index (χ4n) is 2.90. The van der Waals surface area contributed by atoms with E-state index in [1.54, 1.807) is 16.9 Å². The minimum absolute atomic E-state index is 0.0157. The lowest BCUT2D eigenvalue weighted by molar-refractivity contribution is -0.133. The Bertz CT molecular complexity index is 809. The molecule has 158 valence electrons. The molecule has 0 fully saturated rings. The highest BCUT2D eigenvalue weighted by Gasteiger charge is 2.21. The van der Waals surface area contributed by atoms with Gasteiger partial charge in [-0.2, -0.15) is 0 Å².